The summed E-state index contributed by atoms with van der Waals surface area (Å²) in [5, 5.41) is 11.3. The highest BCUT2D eigenvalue weighted by molar-refractivity contribution is 14.0. The van der Waals surface area contributed by atoms with Crippen LogP contribution in [0.4, 0.5) is 0 Å². The Morgan fingerprint density at radius 2 is 2.08 bits per heavy atom. The normalized spacial score (nSPS) is 17.8. The van der Waals surface area contributed by atoms with Crippen LogP contribution in [-0.2, 0) is 0 Å². The smallest absolute Gasteiger partial charge is 0.191 e. The number of guanidine groups is 1. The fourth-order valence-electron chi connectivity index (χ4n) is 3.22. The molecule has 0 aliphatic carbocycles. The van der Waals surface area contributed by atoms with Gasteiger partial charge in [0.05, 0.1) is 0 Å². The zero-order chi connectivity index (χ0) is 17.2. The third-order valence-corrected chi connectivity index (χ3v) is 5.68. The third kappa shape index (κ3) is 8.26. The van der Waals surface area contributed by atoms with Crippen molar-refractivity contribution in [3.05, 3.63) is 22.4 Å². The molecule has 25 heavy (non-hydrogen) atoms. The molecule has 0 spiro atoms. The second-order valence-electron chi connectivity index (χ2n) is 6.77. The Morgan fingerprint density at radius 3 is 2.68 bits per heavy atom. The van der Waals surface area contributed by atoms with Crippen molar-refractivity contribution in [1.82, 2.24) is 15.5 Å². The van der Waals surface area contributed by atoms with Gasteiger partial charge in [-0.25, -0.2) is 0 Å². The molecule has 0 aromatic carbocycles. The van der Waals surface area contributed by atoms with Gasteiger partial charge >= 0.3 is 0 Å². The molecule has 0 radical (unpaired) electrons. The van der Waals surface area contributed by atoms with E-state index in [9.17, 15) is 0 Å². The highest BCUT2D eigenvalue weighted by Gasteiger charge is 2.17. The molecule has 0 amide bonds. The van der Waals surface area contributed by atoms with Gasteiger partial charge < -0.3 is 15.5 Å². The summed E-state index contributed by atoms with van der Waals surface area (Å²) in [5.74, 6) is 2.31. The molecule has 0 bridgehead atoms. The van der Waals surface area contributed by atoms with E-state index in [2.05, 4.69) is 53.1 Å². The molecule has 1 fully saturated rings. The molecule has 1 aromatic rings. The van der Waals surface area contributed by atoms with Crippen molar-refractivity contribution in [1.29, 1.82) is 0 Å². The van der Waals surface area contributed by atoms with Gasteiger partial charge in [-0.15, -0.1) is 24.0 Å². The minimum Gasteiger partial charge on any atom is -0.357 e. The Bertz CT molecular complexity index is 470. The summed E-state index contributed by atoms with van der Waals surface area (Å²) in [7, 11) is 0. The molecule has 2 heterocycles. The maximum absolute atomic E-state index is 4.77. The molecule has 1 aliphatic heterocycles. The number of hydrogen-bond donors (Lipinski definition) is 2. The molecule has 1 atom stereocenters. The summed E-state index contributed by atoms with van der Waals surface area (Å²) in [6, 6.07) is 2.20. The Morgan fingerprint density at radius 1 is 1.32 bits per heavy atom. The first-order valence-corrected chi connectivity index (χ1v) is 10.4. The summed E-state index contributed by atoms with van der Waals surface area (Å²) in [6.07, 6.45) is 3.94. The van der Waals surface area contributed by atoms with Crippen LogP contribution in [0.15, 0.2) is 21.8 Å². The van der Waals surface area contributed by atoms with E-state index in [0.717, 1.165) is 31.5 Å². The van der Waals surface area contributed by atoms with Gasteiger partial charge in [-0.3, -0.25) is 4.99 Å². The number of nitrogens with one attached hydrogen (secondary N) is 2. The Hall–Kier alpha value is -0.340. The number of aliphatic imine (C=N–C) groups is 1. The van der Waals surface area contributed by atoms with Crippen LogP contribution < -0.4 is 10.6 Å². The molecule has 4 nitrogen and oxygen atoms in total. The molecular formula is C19H35IN4S. The third-order valence-electron chi connectivity index (χ3n) is 4.98. The lowest BCUT2D eigenvalue weighted by atomic mass is 9.93. The fourth-order valence-corrected chi connectivity index (χ4v) is 4.00. The second-order valence-corrected chi connectivity index (χ2v) is 7.55. The van der Waals surface area contributed by atoms with Gasteiger partial charge in [-0.05, 0) is 74.1 Å². The Balaban J connectivity index is 0.00000312. The predicted octanol–water partition coefficient (Wildman–Crippen LogP) is 4.15. The van der Waals surface area contributed by atoms with Crippen molar-refractivity contribution in [3.63, 3.8) is 0 Å². The minimum atomic E-state index is 0. The first-order chi connectivity index (χ1) is 11.7. The number of likely N-dealkylation sites (tertiary alicyclic amines) is 1. The largest absolute Gasteiger partial charge is 0.357 e. The van der Waals surface area contributed by atoms with E-state index in [4.69, 9.17) is 4.99 Å². The molecule has 1 aliphatic rings. The second kappa shape index (κ2) is 12.9. The van der Waals surface area contributed by atoms with E-state index >= 15 is 0 Å². The van der Waals surface area contributed by atoms with E-state index in [1.54, 1.807) is 11.3 Å². The highest BCUT2D eigenvalue weighted by Crippen LogP contribution is 2.20. The van der Waals surface area contributed by atoms with Crippen LogP contribution in [0.25, 0.3) is 0 Å². The number of thiophene rings is 1. The minimum absolute atomic E-state index is 0. The van der Waals surface area contributed by atoms with Gasteiger partial charge in [0.1, 0.15) is 0 Å². The van der Waals surface area contributed by atoms with E-state index in [1.165, 1.54) is 44.5 Å². The van der Waals surface area contributed by atoms with Crippen molar-refractivity contribution in [2.75, 3.05) is 39.3 Å². The summed E-state index contributed by atoms with van der Waals surface area (Å²) in [5.41, 5.74) is 1.39. The van der Waals surface area contributed by atoms with Crippen molar-refractivity contribution < 1.29 is 0 Å². The first kappa shape index (κ1) is 22.7. The molecule has 0 saturated carbocycles. The van der Waals surface area contributed by atoms with Crippen LogP contribution in [0, 0.1) is 5.92 Å². The lowest BCUT2D eigenvalue weighted by Gasteiger charge is -2.31. The van der Waals surface area contributed by atoms with Crippen LogP contribution in [0.2, 0.25) is 0 Å². The van der Waals surface area contributed by atoms with E-state index in [0.29, 0.717) is 5.92 Å². The van der Waals surface area contributed by atoms with Crippen LogP contribution in [0.5, 0.6) is 0 Å². The highest BCUT2D eigenvalue weighted by atomic mass is 127. The average Bonchev–Trinajstić information content (AvgIpc) is 3.14. The maximum atomic E-state index is 4.77. The number of halogens is 1. The fraction of sp³-hybridized carbons (Fsp3) is 0.737. The van der Waals surface area contributed by atoms with Gasteiger partial charge in [-0.2, -0.15) is 11.3 Å². The topological polar surface area (TPSA) is 39.7 Å². The average molecular weight is 478 g/mol. The first-order valence-electron chi connectivity index (χ1n) is 9.49. The van der Waals surface area contributed by atoms with Gasteiger partial charge in [0, 0.05) is 25.6 Å². The lowest BCUT2D eigenvalue weighted by Crippen LogP contribution is -2.39. The zero-order valence-corrected chi connectivity index (χ0v) is 19.1. The molecule has 2 rings (SSSR count). The van der Waals surface area contributed by atoms with Crippen LogP contribution >= 0.6 is 35.3 Å². The van der Waals surface area contributed by atoms with Crippen LogP contribution in [-0.4, -0.2) is 50.1 Å². The summed E-state index contributed by atoms with van der Waals surface area (Å²) in [4.78, 5) is 7.32. The molecule has 6 heteroatoms. The summed E-state index contributed by atoms with van der Waals surface area (Å²) < 4.78 is 0. The summed E-state index contributed by atoms with van der Waals surface area (Å²) >= 11 is 1.76. The Kier molecular flexibility index (Phi) is 11.7. The van der Waals surface area contributed by atoms with Crippen molar-refractivity contribution >= 4 is 41.3 Å². The SMILES string of the molecule is CCNC(=NCC(C)c1ccsc1)NCCC1CCN(CC)CC1.I. The molecule has 2 N–H and O–H groups in total. The number of hydrogen-bond acceptors (Lipinski definition) is 3. The monoisotopic (exact) mass is 478 g/mol. The van der Waals surface area contributed by atoms with E-state index in [-0.39, 0.29) is 24.0 Å². The van der Waals surface area contributed by atoms with Crippen molar-refractivity contribution in [2.24, 2.45) is 10.9 Å². The van der Waals surface area contributed by atoms with Crippen molar-refractivity contribution in [2.45, 2.75) is 46.0 Å². The van der Waals surface area contributed by atoms with Gasteiger partial charge in [0.2, 0.25) is 0 Å². The number of rotatable bonds is 8. The lowest BCUT2D eigenvalue weighted by molar-refractivity contribution is 0.187. The molecule has 1 saturated heterocycles. The van der Waals surface area contributed by atoms with Crippen LogP contribution in [0.3, 0.4) is 0 Å². The van der Waals surface area contributed by atoms with Gasteiger partial charge in [-0.1, -0.05) is 13.8 Å². The zero-order valence-electron chi connectivity index (χ0n) is 16.0. The standard InChI is InChI=1S/C19H34N4S.HI/c1-4-20-19(22-14-16(3)18-9-13-24-15-18)21-10-6-17-7-11-23(5-2)12-8-17;/h9,13,15-17H,4-8,10-12,14H2,1-3H3,(H2,20,21,22);1H. The van der Waals surface area contributed by atoms with Crippen molar-refractivity contribution in [3.8, 4) is 0 Å². The number of piperidine rings is 1. The molecule has 144 valence electrons. The van der Waals surface area contributed by atoms with E-state index < -0.39 is 0 Å². The molecular weight excluding hydrogens is 443 g/mol. The Labute approximate surface area is 174 Å². The maximum Gasteiger partial charge on any atom is 0.191 e. The molecule has 1 aromatic heterocycles. The van der Waals surface area contributed by atoms with Crippen LogP contribution in [0.1, 0.15) is 51.5 Å². The summed E-state index contributed by atoms with van der Waals surface area (Å²) in [6.45, 7) is 13.1. The molecule has 1 unspecified atom stereocenters. The quantitative estimate of drug-likeness (QED) is 0.335. The van der Waals surface area contributed by atoms with E-state index in [1.807, 2.05) is 0 Å². The predicted molar refractivity (Wildman–Crippen MR) is 122 cm³/mol. The number of nitrogens with zero attached hydrogens (tertiary/aromatic N) is 2. The van der Waals surface area contributed by atoms with Gasteiger partial charge in [0.25, 0.3) is 0 Å². The van der Waals surface area contributed by atoms with Gasteiger partial charge in [0.15, 0.2) is 5.96 Å².